The minimum atomic E-state index is -1.81. The summed E-state index contributed by atoms with van der Waals surface area (Å²) in [6.45, 7) is 18.3. The molecule has 0 heterocycles. The molecule has 5 unspecified atom stereocenters. The van der Waals surface area contributed by atoms with Crippen LogP contribution in [-0.4, -0.2) is 31.3 Å². The second-order valence-electron chi connectivity index (χ2n) is 14.2. The van der Waals surface area contributed by atoms with Crippen LogP contribution in [0.25, 0.3) is 0 Å². The van der Waals surface area contributed by atoms with Gasteiger partial charge in [-0.1, -0.05) is 41.5 Å². The first kappa shape index (κ1) is 25.4. The van der Waals surface area contributed by atoms with E-state index >= 15 is 0 Å². The number of rotatable bonds is 4. The normalized spacial score (nSPS) is 44.5. The van der Waals surface area contributed by atoms with E-state index in [-0.39, 0.29) is 33.6 Å². The van der Waals surface area contributed by atoms with E-state index in [9.17, 15) is 14.7 Å². The Hall–Kier alpha value is -0.683. The molecule has 0 amide bonds. The first-order valence-electron chi connectivity index (χ1n) is 13.5. The molecule has 0 aliphatic heterocycles. The van der Waals surface area contributed by atoms with E-state index in [2.05, 4.69) is 47.7 Å². The van der Waals surface area contributed by atoms with E-state index in [1.807, 2.05) is 6.92 Å². The predicted octanol–water partition coefficient (Wildman–Crippen LogP) is 6.94. The molecule has 0 bridgehead atoms. The fourth-order valence-corrected chi connectivity index (χ4v) is 10.0. The Morgan fingerprint density at radius 1 is 1.06 bits per heavy atom. The van der Waals surface area contributed by atoms with Crippen LogP contribution < -0.4 is 0 Å². The third-order valence-electron chi connectivity index (χ3n) is 11.8. The summed E-state index contributed by atoms with van der Waals surface area (Å²) in [7, 11) is -1.81. The zero-order chi connectivity index (χ0) is 24.6. The van der Waals surface area contributed by atoms with Gasteiger partial charge in [0.05, 0.1) is 5.92 Å². The summed E-state index contributed by atoms with van der Waals surface area (Å²) in [6, 6.07) is 0. The molecule has 0 saturated heterocycles. The van der Waals surface area contributed by atoms with Crippen LogP contribution in [0.5, 0.6) is 0 Å². The molecule has 188 valence electrons. The molecule has 33 heavy (non-hydrogen) atoms. The van der Waals surface area contributed by atoms with Crippen LogP contribution in [0.2, 0.25) is 18.1 Å². The summed E-state index contributed by atoms with van der Waals surface area (Å²) in [5, 5.41) is 9.92. The van der Waals surface area contributed by atoms with Gasteiger partial charge in [-0.2, -0.15) is 0 Å². The van der Waals surface area contributed by atoms with Crippen molar-refractivity contribution < 1.29 is 19.1 Å². The molecule has 4 aliphatic rings. The predicted molar refractivity (Wildman–Crippen MR) is 134 cm³/mol. The van der Waals surface area contributed by atoms with Crippen molar-refractivity contribution in [2.45, 2.75) is 117 Å². The molecule has 4 nitrogen and oxygen atoms in total. The molecule has 0 aromatic carbocycles. The van der Waals surface area contributed by atoms with Crippen molar-refractivity contribution in [3.8, 4) is 0 Å². The minimum Gasteiger partial charge on any atom is -0.481 e. The summed E-state index contributed by atoms with van der Waals surface area (Å²) >= 11 is 0. The van der Waals surface area contributed by atoms with Crippen molar-refractivity contribution in [3.63, 3.8) is 0 Å². The first-order valence-corrected chi connectivity index (χ1v) is 16.5. The number of carbonyl (C=O) groups excluding carboxylic acids is 1. The van der Waals surface area contributed by atoms with E-state index < -0.39 is 14.3 Å². The summed E-state index contributed by atoms with van der Waals surface area (Å²) in [6.07, 6.45) is 8.51. The van der Waals surface area contributed by atoms with Crippen LogP contribution in [0.1, 0.15) is 92.9 Å². The highest BCUT2D eigenvalue weighted by Crippen LogP contribution is 2.67. The molecular formula is C28H48O4Si. The molecule has 5 heteroatoms. The first-order chi connectivity index (χ1) is 15.1. The molecular weight excluding hydrogens is 428 g/mol. The number of carboxylic acids is 1. The van der Waals surface area contributed by atoms with Gasteiger partial charge in [0.1, 0.15) is 5.78 Å². The number of Topliss-reactive ketones (excluding diaryl/α,β-unsaturated/α-hetero) is 1. The zero-order valence-corrected chi connectivity index (χ0v) is 23.4. The van der Waals surface area contributed by atoms with Crippen molar-refractivity contribution in [3.05, 3.63) is 0 Å². The molecule has 0 spiro atoms. The van der Waals surface area contributed by atoms with E-state index in [0.717, 1.165) is 38.5 Å². The number of carbonyl (C=O) groups is 2. The Balaban J connectivity index is 1.53. The molecule has 4 aliphatic carbocycles. The van der Waals surface area contributed by atoms with E-state index in [0.29, 0.717) is 36.1 Å². The van der Waals surface area contributed by atoms with Crippen molar-refractivity contribution in [2.75, 3.05) is 0 Å². The van der Waals surface area contributed by atoms with Crippen LogP contribution in [0.3, 0.4) is 0 Å². The van der Waals surface area contributed by atoms with Crippen LogP contribution in [0.15, 0.2) is 0 Å². The number of carboxylic acid groups (broad SMARTS) is 1. The molecule has 4 rings (SSSR count). The molecule has 9 atom stereocenters. The Kier molecular flexibility index (Phi) is 6.30. The third-order valence-corrected chi connectivity index (χ3v) is 16.3. The number of hydrogen-bond donors (Lipinski definition) is 1. The minimum absolute atomic E-state index is 0.000472. The lowest BCUT2D eigenvalue weighted by Crippen LogP contribution is -2.58. The average molecular weight is 477 g/mol. The van der Waals surface area contributed by atoms with Crippen LogP contribution in [-0.2, 0) is 14.0 Å². The van der Waals surface area contributed by atoms with E-state index in [4.69, 9.17) is 4.43 Å². The summed E-state index contributed by atoms with van der Waals surface area (Å²) < 4.78 is 6.83. The third kappa shape index (κ3) is 3.97. The Bertz CT molecular complexity index is 800. The average Bonchev–Trinajstić information content (AvgIpc) is 3.04. The highest BCUT2D eigenvalue weighted by Gasteiger charge is 2.63. The lowest BCUT2D eigenvalue weighted by molar-refractivity contribution is -0.162. The summed E-state index contributed by atoms with van der Waals surface area (Å²) in [5.41, 5.74) is 0.226. The van der Waals surface area contributed by atoms with Gasteiger partial charge in [-0.25, -0.2) is 0 Å². The highest BCUT2D eigenvalue weighted by atomic mass is 28.4. The second kappa shape index (κ2) is 8.18. The standard InChI is InChI=1S/C28H48O4Si/c1-17(25(30)31)20-9-10-21-24-22(12-14-28(20,21)6)27(5)13-11-19(15-18(27)16-23(24)29)32-33(7,8)26(2,3)4/h17-22,24H,9-16H2,1-8H3,(H,30,31)/t17-,18?,19?,20?,21-,22-,24-,27?,28?/m0/s1. The SMILES string of the molecule is C[C@H](C(=O)O)C1CC[C@H]2[C@@H]3C(=O)CC4CC(O[Si](C)(C)C(C)(C)C)CCC4(C)[C@H]3CCC12C. The van der Waals surface area contributed by atoms with Crippen LogP contribution in [0.4, 0.5) is 0 Å². The van der Waals surface area contributed by atoms with Gasteiger partial charge in [0.25, 0.3) is 0 Å². The lowest BCUT2D eigenvalue weighted by atomic mass is 9.44. The second-order valence-corrected chi connectivity index (χ2v) is 19.0. The van der Waals surface area contributed by atoms with Gasteiger partial charge in [-0.3, -0.25) is 9.59 Å². The Morgan fingerprint density at radius 3 is 2.27 bits per heavy atom. The number of aliphatic carboxylic acids is 1. The highest BCUT2D eigenvalue weighted by molar-refractivity contribution is 6.74. The van der Waals surface area contributed by atoms with E-state index in [1.165, 1.54) is 6.42 Å². The largest absolute Gasteiger partial charge is 0.481 e. The zero-order valence-electron chi connectivity index (χ0n) is 22.4. The maximum Gasteiger partial charge on any atom is 0.306 e. The van der Waals surface area contributed by atoms with Gasteiger partial charge in [-0.05, 0) is 97.6 Å². The maximum absolute atomic E-state index is 13.7. The van der Waals surface area contributed by atoms with Crippen LogP contribution in [0, 0.1) is 46.3 Å². The van der Waals surface area contributed by atoms with Gasteiger partial charge in [0, 0.05) is 18.4 Å². The molecule has 4 saturated carbocycles. The van der Waals surface area contributed by atoms with Gasteiger partial charge in [-0.15, -0.1) is 0 Å². The molecule has 1 N–H and O–H groups in total. The van der Waals surface area contributed by atoms with Gasteiger partial charge >= 0.3 is 5.97 Å². The van der Waals surface area contributed by atoms with E-state index in [1.54, 1.807) is 0 Å². The van der Waals surface area contributed by atoms with Crippen molar-refractivity contribution in [1.82, 2.24) is 0 Å². The lowest BCUT2D eigenvalue weighted by Gasteiger charge is -2.60. The fraction of sp³-hybridized carbons (Fsp3) is 0.929. The molecule has 0 aromatic heterocycles. The molecule has 4 fully saturated rings. The topological polar surface area (TPSA) is 63.6 Å². The fourth-order valence-electron chi connectivity index (χ4n) is 8.63. The smallest absolute Gasteiger partial charge is 0.306 e. The van der Waals surface area contributed by atoms with Crippen molar-refractivity contribution in [1.29, 1.82) is 0 Å². The summed E-state index contributed by atoms with van der Waals surface area (Å²) in [5.74, 6) is 1.11. The van der Waals surface area contributed by atoms with Crippen LogP contribution >= 0.6 is 0 Å². The number of ketones is 1. The van der Waals surface area contributed by atoms with Gasteiger partial charge < -0.3 is 9.53 Å². The monoisotopic (exact) mass is 476 g/mol. The van der Waals surface area contributed by atoms with Crippen molar-refractivity contribution >= 4 is 20.1 Å². The number of hydrogen-bond acceptors (Lipinski definition) is 3. The number of fused-ring (bicyclic) bond motifs is 5. The summed E-state index contributed by atoms with van der Waals surface area (Å²) in [4.78, 5) is 25.5. The Morgan fingerprint density at radius 2 is 1.67 bits per heavy atom. The Labute approximate surface area is 202 Å². The van der Waals surface area contributed by atoms with Crippen molar-refractivity contribution in [2.24, 2.45) is 46.3 Å². The van der Waals surface area contributed by atoms with Gasteiger partial charge in [0.15, 0.2) is 8.32 Å². The molecule has 0 aromatic rings. The molecule has 0 radical (unpaired) electrons. The van der Waals surface area contributed by atoms with Gasteiger partial charge in [0.2, 0.25) is 0 Å². The maximum atomic E-state index is 13.7. The quantitative estimate of drug-likeness (QED) is 0.447.